The Labute approximate surface area is 250 Å². The van der Waals surface area contributed by atoms with Gasteiger partial charge < -0.3 is 14.2 Å². The Morgan fingerprint density at radius 3 is 1.83 bits per heavy atom. The van der Waals surface area contributed by atoms with Crippen molar-refractivity contribution in [2.75, 3.05) is 10.6 Å². The van der Waals surface area contributed by atoms with Crippen LogP contribution in [0.3, 0.4) is 0 Å². The van der Waals surface area contributed by atoms with E-state index in [1.54, 1.807) is 11.9 Å². The van der Waals surface area contributed by atoms with Crippen LogP contribution >= 0.6 is 11.9 Å². The van der Waals surface area contributed by atoms with Crippen molar-refractivity contribution in [3.05, 3.63) is 95.1 Å². The molecular weight excluding hydrogens is 536 g/mol. The molecule has 7 heteroatoms. The molecule has 4 aliphatic heterocycles. The van der Waals surface area contributed by atoms with Crippen molar-refractivity contribution in [1.29, 1.82) is 0 Å². The lowest BCUT2D eigenvalue weighted by molar-refractivity contribution is 0.455. The van der Waals surface area contributed by atoms with Crippen LogP contribution in [-0.4, -0.2) is 19.7 Å². The van der Waals surface area contributed by atoms with Gasteiger partial charge in [0.2, 0.25) is 0 Å². The zero-order chi connectivity index (χ0) is 28.4. The molecule has 5 aromatic rings. The van der Waals surface area contributed by atoms with Crippen molar-refractivity contribution in [3.63, 3.8) is 0 Å². The van der Waals surface area contributed by atoms with Crippen molar-refractivity contribution >= 4 is 69.5 Å². The van der Waals surface area contributed by atoms with Gasteiger partial charge in [-0.1, -0.05) is 30.3 Å². The molecule has 5 aromatic carbocycles. The highest BCUT2D eigenvalue weighted by Gasteiger charge is 2.45. The van der Waals surface area contributed by atoms with E-state index >= 15 is 0 Å². The molecule has 0 saturated carbocycles. The van der Waals surface area contributed by atoms with Crippen LogP contribution in [0.15, 0.2) is 72.8 Å². The molecule has 4 aliphatic rings. The van der Waals surface area contributed by atoms with E-state index in [2.05, 4.69) is 105 Å². The third-order valence-electron chi connectivity index (χ3n) is 9.32. The summed E-state index contributed by atoms with van der Waals surface area (Å²) in [7, 11) is 0. The number of fused-ring (bicyclic) bond motifs is 8. The SMILES string of the molecule is CSN1c2cc(C)c(C)cc2B2c3cc4c(cc3Oc3cc(C)cc1c32)Oc1cc(C)cc2c1B4c1ccccc1O2. The fraction of sp³-hybridized carbons (Fsp3) is 0.143. The smallest absolute Gasteiger partial charge is 0.260 e. The first-order valence-corrected chi connectivity index (χ1v) is 15.6. The van der Waals surface area contributed by atoms with Gasteiger partial charge in [0.15, 0.2) is 0 Å². The van der Waals surface area contributed by atoms with Crippen molar-refractivity contribution in [3.8, 4) is 34.5 Å². The molecule has 0 bridgehead atoms. The Morgan fingerprint density at radius 1 is 0.524 bits per heavy atom. The number of hydrogen-bond acceptors (Lipinski definition) is 5. The second kappa shape index (κ2) is 8.42. The van der Waals surface area contributed by atoms with Crippen LogP contribution in [0.1, 0.15) is 22.3 Å². The van der Waals surface area contributed by atoms with E-state index in [4.69, 9.17) is 14.2 Å². The van der Waals surface area contributed by atoms with Crippen LogP contribution in [0.4, 0.5) is 11.4 Å². The molecule has 0 N–H and O–H groups in total. The van der Waals surface area contributed by atoms with Gasteiger partial charge in [-0.15, -0.1) is 0 Å². The van der Waals surface area contributed by atoms with E-state index in [1.165, 1.54) is 44.5 Å². The molecule has 0 aliphatic carbocycles. The first-order valence-electron chi connectivity index (χ1n) is 14.4. The van der Waals surface area contributed by atoms with Crippen molar-refractivity contribution in [1.82, 2.24) is 0 Å². The molecular formula is C35H27B2NO3S. The van der Waals surface area contributed by atoms with Gasteiger partial charge >= 0.3 is 0 Å². The van der Waals surface area contributed by atoms with Crippen molar-refractivity contribution in [2.45, 2.75) is 27.7 Å². The number of hydrogen-bond donors (Lipinski definition) is 0. The highest BCUT2D eigenvalue weighted by molar-refractivity contribution is 8.00. The lowest BCUT2D eigenvalue weighted by atomic mass is 9.31. The van der Waals surface area contributed by atoms with Gasteiger partial charge in [0.1, 0.15) is 34.5 Å². The number of benzene rings is 5. The molecule has 0 saturated heterocycles. The Balaban J connectivity index is 1.33. The minimum Gasteiger partial charge on any atom is -0.458 e. The van der Waals surface area contributed by atoms with Crippen LogP contribution in [0.2, 0.25) is 0 Å². The van der Waals surface area contributed by atoms with E-state index in [0.717, 1.165) is 56.4 Å². The number of para-hydroxylation sites is 1. The average Bonchev–Trinajstić information content (AvgIpc) is 2.96. The van der Waals surface area contributed by atoms with Gasteiger partial charge in [-0.2, -0.15) is 0 Å². The molecule has 0 fully saturated rings. The highest BCUT2D eigenvalue weighted by Crippen LogP contribution is 2.42. The van der Waals surface area contributed by atoms with E-state index < -0.39 is 0 Å². The van der Waals surface area contributed by atoms with Crippen molar-refractivity contribution < 1.29 is 14.2 Å². The maximum atomic E-state index is 6.78. The Hall–Kier alpha value is -4.22. The van der Waals surface area contributed by atoms with Crippen LogP contribution in [0.5, 0.6) is 34.5 Å². The zero-order valence-corrected chi connectivity index (χ0v) is 25.0. The standard InChI is InChI=1S/C35H27B2NO3S/c1-18-10-27-34-31(11-18)40-30-17-29-24(16-25(30)37(34)23-14-20(3)21(4)15-26(23)38(27)42-5)36-22-8-6-7-9-28(22)39-32-12-19(2)13-33(41-29)35(32)36/h6-17H,1-5H3. The van der Waals surface area contributed by atoms with Crippen LogP contribution < -0.4 is 51.3 Å². The normalized spacial score (nSPS) is 14.4. The first kappa shape index (κ1) is 24.4. The summed E-state index contributed by atoms with van der Waals surface area (Å²) in [5.41, 5.74) is 14.5. The molecule has 0 amide bonds. The molecule has 4 heterocycles. The van der Waals surface area contributed by atoms with Crippen LogP contribution in [0, 0.1) is 27.7 Å². The molecule has 0 radical (unpaired) electrons. The van der Waals surface area contributed by atoms with Gasteiger partial charge in [-0.3, -0.25) is 4.31 Å². The summed E-state index contributed by atoms with van der Waals surface area (Å²) in [6, 6.07) is 26.3. The quantitative estimate of drug-likeness (QED) is 0.208. The van der Waals surface area contributed by atoms with Crippen molar-refractivity contribution in [2.24, 2.45) is 0 Å². The summed E-state index contributed by atoms with van der Waals surface area (Å²) in [6.07, 6.45) is 2.15. The monoisotopic (exact) mass is 563 g/mol. The van der Waals surface area contributed by atoms with E-state index in [-0.39, 0.29) is 13.4 Å². The van der Waals surface area contributed by atoms with Gasteiger partial charge in [0.05, 0.1) is 5.69 Å². The number of ether oxygens (including phenoxy) is 3. The molecule has 202 valence electrons. The summed E-state index contributed by atoms with van der Waals surface area (Å²) >= 11 is 1.75. The van der Waals surface area contributed by atoms with Gasteiger partial charge in [-0.25, -0.2) is 0 Å². The zero-order valence-electron chi connectivity index (χ0n) is 24.2. The molecule has 9 rings (SSSR count). The summed E-state index contributed by atoms with van der Waals surface area (Å²) in [4.78, 5) is 0. The number of anilines is 2. The average molecular weight is 563 g/mol. The summed E-state index contributed by atoms with van der Waals surface area (Å²) in [5, 5.41) is 0. The highest BCUT2D eigenvalue weighted by atomic mass is 32.2. The van der Waals surface area contributed by atoms with Gasteiger partial charge in [0.25, 0.3) is 13.4 Å². The molecule has 0 unspecified atom stereocenters. The fourth-order valence-electron chi connectivity index (χ4n) is 7.38. The largest absolute Gasteiger partial charge is 0.458 e. The predicted octanol–water partition coefficient (Wildman–Crippen LogP) is 5.00. The van der Waals surface area contributed by atoms with Gasteiger partial charge in [0, 0.05) is 23.5 Å². The molecule has 42 heavy (non-hydrogen) atoms. The molecule has 4 nitrogen and oxygen atoms in total. The predicted molar refractivity (Wildman–Crippen MR) is 176 cm³/mol. The third kappa shape index (κ3) is 3.17. The number of nitrogens with zero attached hydrogens (tertiary/aromatic N) is 1. The second-order valence-corrected chi connectivity index (χ2v) is 12.7. The fourth-order valence-corrected chi connectivity index (χ4v) is 8.08. The molecule has 0 spiro atoms. The van der Waals surface area contributed by atoms with Crippen LogP contribution in [-0.2, 0) is 0 Å². The summed E-state index contributed by atoms with van der Waals surface area (Å²) in [6.45, 7) is 8.72. The van der Waals surface area contributed by atoms with E-state index in [0.29, 0.717) is 0 Å². The maximum absolute atomic E-state index is 6.78. The molecule has 0 atom stereocenters. The van der Waals surface area contributed by atoms with Crippen LogP contribution in [0.25, 0.3) is 0 Å². The third-order valence-corrected chi connectivity index (χ3v) is 10.1. The van der Waals surface area contributed by atoms with E-state index in [1.807, 2.05) is 6.07 Å². The lowest BCUT2D eigenvalue weighted by Gasteiger charge is -2.40. The number of rotatable bonds is 1. The Morgan fingerprint density at radius 2 is 1.12 bits per heavy atom. The first-order chi connectivity index (χ1) is 20.4. The van der Waals surface area contributed by atoms with E-state index in [9.17, 15) is 0 Å². The second-order valence-electron chi connectivity index (χ2n) is 12.0. The lowest BCUT2D eigenvalue weighted by Crippen LogP contribution is -2.62. The molecule has 0 aromatic heterocycles. The maximum Gasteiger partial charge on any atom is 0.260 e. The Bertz CT molecular complexity index is 2040. The summed E-state index contributed by atoms with van der Waals surface area (Å²) < 4.78 is 22.3. The topological polar surface area (TPSA) is 30.9 Å². The minimum atomic E-state index is 0.0130. The minimum absolute atomic E-state index is 0.0130. The van der Waals surface area contributed by atoms with Gasteiger partial charge in [-0.05, 0) is 126 Å². The number of aryl methyl sites for hydroxylation is 4. The Kier molecular flexibility index (Phi) is 4.89. The summed E-state index contributed by atoms with van der Waals surface area (Å²) in [5.74, 6) is 5.27.